The minimum Gasteiger partial charge on any atom is -0.443 e. The van der Waals surface area contributed by atoms with Crippen molar-refractivity contribution in [3.8, 4) is 11.3 Å². The maximum Gasteiger partial charge on any atom is 0.425 e. The zero-order valence-electron chi connectivity index (χ0n) is 28.8. The lowest BCUT2D eigenvalue weighted by Gasteiger charge is -2.37. The second kappa shape index (κ2) is 14.2. The first-order chi connectivity index (χ1) is 22.3. The van der Waals surface area contributed by atoms with Crippen molar-refractivity contribution in [3.05, 3.63) is 70.9 Å². The fraction of sp³-hybridized carbons (Fsp3) is 0.457. The minimum atomic E-state index is -1.17. The number of aromatic nitrogens is 2. The fourth-order valence-corrected chi connectivity index (χ4v) is 5.02. The maximum absolute atomic E-state index is 14.5. The van der Waals surface area contributed by atoms with Crippen LogP contribution in [0.5, 0.6) is 0 Å². The van der Waals surface area contributed by atoms with Gasteiger partial charge >= 0.3 is 12.2 Å². The van der Waals surface area contributed by atoms with Crippen molar-refractivity contribution in [2.24, 2.45) is 0 Å². The molecule has 0 aliphatic carbocycles. The highest BCUT2D eigenvalue weighted by Crippen LogP contribution is 2.35. The van der Waals surface area contributed by atoms with Crippen molar-refractivity contribution in [1.29, 1.82) is 0 Å². The van der Waals surface area contributed by atoms with Gasteiger partial charge in [0.25, 0.3) is 5.91 Å². The molecule has 0 saturated carbocycles. The van der Waals surface area contributed by atoms with E-state index in [0.717, 1.165) is 17.7 Å². The molecule has 0 spiro atoms. The molecule has 0 bridgehead atoms. The van der Waals surface area contributed by atoms with Gasteiger partial charge < -0.3 is 24.4 Å². The van der Waals surface area contributed by atoms with Gasteiger partial charge in [-0.3, -0.25) is 4.79 Å². The van der Waals surface area contributed by atoms with Crippen molar-refractivity contribution in [1.82, 2.24) is 15.3 Å². The minimum absolute atomic E-state index is 0.206. The molecular formula is C35H43F2N5O6. The molecular weight excluding hydrogens is 624 g/mol. The number of benzene rings is 2. The Morgan fingerprint density at radius 1 is 0.896 bits per heavy atom. The van der Waals surface area contributed by atoms with Crippen molar-refractivity contribution < 1.29 is 37.4 Å². The molecule has 2 unspecified atom stereocenters. The van der Waals surface area contributed by atoms with Crippen LogP contribution in [0, 0.1) is 18.6 Å². The van der Waals surface area contributed by atoms with Gasteiger partial charge in [-0.1, -0.05) is 35.9 Å². The number of rotatable bonds is 6. The lowest BCUT2D eigenvalue weighted by molar-refractivity contribution is -0.00544. The molecule has 4 rings (SSSR count). The van der Waals surface area contributed by atoms with Gasteiger partial charge in [-0.15, -0.1) is 0 Å². The Balaban J connectivity index is 1.98. The van der Waals surface area contributed by atoms with Crippen LogP contribution in [0.3, 0.4) is 0 Å². The standard InChI is InChI=1S/C35H43F2N5O6/c1-20-13-15-23(16-14-20)27-29(41-18-21(2)46-22(3)19-41)40-28(31(43)38-17-24-25(36)11-10-12-26(24)37)30(39-27)42(32(44)47-34(4,5)6)33(45)48-35(7,8)9/h10-16,21-22H,17-19H2,1-9H3,(H,38,43). The predicted octanol–water partition coefficient (Wildman–Crippen LogP) is 6.95. The number of amides is 3. The molecule has 13 heteroatoms. The molecule has 1 aliphatic heterocycles. The second-order valence-corrected chi connectivity index (χ2v) is 13.8. The third kappa shape index (κ3) is 9.03. The quantitative estimate of drug-likeness (QED) is 0.298. The SMILES string of the molecule is Cc1ccc(-c2nc(N(C(=O)OC(C)(C)C)C(=O)OC(C)(C)C)c(C(=O)NCc3c(F)cccc3F)nc2N2CC(C)OC(C)C2)cc1. The van der Waals surface area contributed by atoms with Crippen LogP contribution in [0.4, 0.5) is 30.0 Å². The van der Waals surface area contributed by atoms with Gasteiger partial charge in [0.1, 0.15) is 28.5 Å². The van der Waals surface area contributed by atoms with Gasteiger partial charge in [-0.2, -0.15) is 4.90 Å². The normalized spacial score (nSPS) is 16.7. The van der Waals surface area contributed by atoms with Crippen molar-refractivity contribution in [3.63, 3.8) is 0 Å². The predicted molar refractivity (Wildman–Crippen MR) is 177 cm³/mol. The van der Waals surface area contributed by atoms with Crippen LogP contribution in [0.2, 0.25) is 0 Å². The van der Waals surface area contributed by atoms with Crippen LogP contribution < -0.4 is 15.1 Å². The zero-order chi connectivity index (χ0) is 35.6. The molecule has 1 N–H and O–H groups in total. The Bertz CT molecular complexity index is 1610. The summed E-state index contributed by atoms with van der Waals surface area (Å²) < 4.78 is 46.1. The number of aryl methyl sites for hydroxylation is 1. The number of anilines is 2. The molecule has 1 fully saturated rings. The third-order valence-electron chi connectivity index (χ3n) is 6.97. The van der Waals surface area contributed by atoms with Crippen LogP contribution >= 0.6 is 0 Å². The molecule has 0 radical (unpaired) electrons. The van der Waals surface area contributed by atoms with E-state index in [1.807, 2.05) is 49.9 Å². The highest BCUT2D eigenvalue weighted by molar-refractivity contribution is 6.13. The maximum atomic E-state index is 14.5. The van der Waals surface area contributed by atoms with E-state index >= 15 is 0 Å². The largest absolute Gasteiger partial charge is 0.443 e. The topological polar surface area (TPSA) is 123 Å². The van der Waals surface area contributed by atoms with Crippen LogP contribution in [0.15, 0.2) is 42.5 Å². The van der Waals surface area contributed by atoms with Crippen molar-refractivity contribution in [2.45, 2.75) is 92.3 Å². The highest BCUT2D eigenvalue weighted by atomic mass is 19.1. The van der Waals surface area contributed by atoms with Crippen LogP contribution in [-0.4, -0.2) is 64.6 Å². The van der Waals surface area contributed by atoms with Crippen LogP contribution in [-0.2, 0) is 20.8 Å². The van der Waals surface area contributed by atoms with Crippen LogP contribution in [0.25, 0.3) is 11.3 Å². The van der Waals surface area contributed by atoms with Crippen molar-refractivity contribution in [2.75, 3.05) is 22.9 Å². The summed E-state index contributed by atoms with van der Waals surface area (Å²) in [4.78, 5) is 53.5. The van der Waals surface area contributed by atoms with E-state index in [1.54, 1.807) is 41.5 Å². The molecule has 258 valence electrons. The Morgan fingerprint density at radius 2 is 1.42 bits per heavy atom. The number of ether oxygens (including phenoxy) is 3. The highest BCUT2D eigenvalue weighted by Gasteiger charge is 2.39. The number of nitrogens with zero attached hydrogens (tertiary/aromatic N) is 4. The number of imide groups is 1. The molecule has 1 aliphatic rings. The Morgan fingerprint density at radius 3 is 1.92 bits per heavy atom. The summed E-state index contributed by atoms with van der Waals surface area (Å²) in [5.74, 6) is -2.89. The summed E-state index contributed by atoms with van der Waals surface area (Å²) >= 11 is 0. The molecule has 2 atom stereocenters. The van der Waals surface area contributed by atoms with E-state index in [0.29, 0.717) is 23.6 Å². The molecule has 11 nitrogen and oxygen atoms in total. The summed E-state index contributed by atoms with van der Waals surface area (Å²) in [7, 11) is 0. The van der Waals surface area contributed by atoms with E-state index in [-0.39, 0.29) is 29.3 Å². The average molecular weight is 668 g/mol. The molecule has 2 heterocycles. The van der Waals surface area contributed by atoms with Gasteiger partial charge in [0.05, 0.1) is 12.2 Å². The number of nitrogens with one attached hydrogen (secondary N) is 1. The first kappa shape index (κ1) is 36.2. The van der Waals surface area contributed by atoms with E-state index in [1.165, 1.54) is 6.07 Å². The second-order valence-electron chi connectivity index (χ2n) is 13.8. The number of morpholine rings is 1. The van der Waals surface area contributed by atoms with E-state index in [2.05, 4.69) is 5.32 Å². The van der Waals surface area contributed by atoms with Gasteiger partial charge in [-0.25, -0.2) is 28.3 Å². The fourth-order valence-electron chi connectivity index (χ4n) is 5.02. The summed E-state index contributed by atoms with van der Waals surface area (Å²) in [5, 5.41) is 2.49. The summed E-state index contributed by atoms with van der Waals surface area (Å²) in [5.41, 5.74) is -1.15. The molecule has 1 saturated heterocycles. The Labute approximate surface area is 279 Å². The first-order valence-corrected chi connectivity index (χ1v) is 15.7. The van der Waals surface area contributed by atoms with Gasteiger partial charge in [0, 0.05) is 30.8 Å². The number of carbonyl (C=O) groups is 3. The van der Waals surface area contributed by atoms with Crippen LogP contribution in [0.1, 0.15) is 77.0 Å². The summed E-state index contributed by atoms with van der Waals surface area (Å²) in [6, 6.07) is 10.7. The molecule has 3 amide bonds. The summed E-state index contributed by atoms with van der Waals surface area (Å²) in [6.07, 6.45) is -2.75. The average Bonchev–Trinajstić information content (AvgIpc) is 2.94. The lowest BCUT2D eigenvalue weighted by Crippen LogP contribution is -2.47. The number of hydrogen-bond donors (Lipinski definition) is 1. The number of hydrogen-bond acceptors (Lipinski definition) is 9. The molecule has 3 aromatic rings. The Kier molecular flexibility index (Phi) is 10.7. The van der Waals surface area contributed by atoms with Gasteiger partial charge in [-0.05, 0) is 74.4 Å². The zero-order valence-corrected chi connectivity index (χ0v) is 28.8. The number of halogens is 2. The van der Waals surface area contributed by atoms with Gasteiger partial charge in [0.2, 0.25) is 0 Å². The Hall–Kier alpha value is -4.65. The smallest absolute Gasteiger partial charge is 0.425 e. The molecule has 48 heavy (non-hydrogen) atoms. The lowest BCUT2D eigenvalue weighted by atomic mass is 10.1. The monoisotopic (exact) mass is 667 g/mol. The molecule has 1 aromatic heterocycles. The van der Waals surface area contributed by atoms with Gasteiger partial charge in [0.15, 0.2) is 17.3 Å². The third-order valence-corrected chi connectivity index (χ3v) is 6.97. The van der Waals surface area contributed by atoms with E-state index < -0.39 is 59.0 Å². The summed E-state index contributed by atoms with van der Waals surface area (Å²) in [6.45, 7) is 15.6. The molecule has 2 aromatic carbocycles. The van der Waals surface area contributed by atoms with E-state index in [4.69, 9.17) is 24.2 Å². The van der Waals surface area contributed by atoms with Crippen molar-refractivity contribution >= 4 is 29.7 Å². The first-order valence-electron chi connectivity index (χ1n) is 15.7. The number of carbonyl (C=O) groups excluding carboxylic acids is 3. The van der Waals surface area contributed by atoms with E-state index in [9.17, 15) is 23.2 Å².